The highest BCUT2D eigenvalue weighted by Gasteiger charge is 2.42. The second-order valence-electron chi connectivity index (χ2n) is 9.81. The molecular formula is C33H35NO9. The van der Waals surface area contributed by atoms with Gasteiger partial charge in [-0.15, -0.1) is 0 Å². The molecule has 0 fully saturated rings. The maximum atomic E-state index is 12.1. The van der Waals surface area contributed by atoms with Gasteiger partial charge in [0.05, 0.1) is 12.8 Å². The maximum Gasteiger partial charge on any atom is 0.336 e. The van der Waals surface area contributed by atoms with Gasteiger partial charge in [-0.3, -0.25) is 19.3 Å². The Morgan fingerprint density at radius 2 is 1.40 bits per heavy atom. The van der Waals surface area contributed by atoms with Gasteiger partial charge in [0.1, 0.15) is 19.1 Å². The Hall–Kier alpha value is -4.80. The normalized spacial score (nSPS) is 12.9. The SMILES string of the molecule is CC/C(=C(\c1ccccc1)c1ccc(OCCN(C)COC(=O)CC(O)(CC(=O)OC=O)C(=O)O)cc1)c1ccccc1. The maximum absolute atomic E-state index is 12.1. The number of carboxylic acids is 1. The molecule has 1 atom stereocenters. The van der Waals surface area contributed by atoms with Gasteiger partial charge in [0.25, 0.3) is 0 Å². The summed E-state index contributed by atoms with van der Waals surface area (Å²) in [5.41, 5.74) is 2.97. The molecule has 43 heavy (non-hydrogen) atoms. The Morgan fingerprint density at radius 1 is 0.837 bits per heavy atom. The van der Waals surface area contributed by atoms with Gasteiger partial charge in [0, 0.05) is 6.54 Å². The molecule has 10 heteroatoms. The van der Waals surface area contributed by atoms with Crippen LogP contribution in [0.5, 0.6) is 5.75 Å². The molecule has 0 aliphatic heterocycles. The van der Waals surface area contributed by atoms with Crippen LogP contribution in [0.2, 0.25) is 0 Å². The minimum absolute atomic E-state index is 0.193. The quantitative estimate of drug-likeness (QED) is 0.0823. The third kappa shape index (κ3) is 9.63. The van der Waals surface area contributed by atoms with Gasteiger partial charge < -0.3 is 24.4 Å². The molecule has 0 saturated carbocycles. The highest BCUT2D eigenvalue weighted by molar-refractivity contribution is 5.98. The smallest absolute Gasteiger partial charge is 0.336 e. The van der Waals surface area contributed by atoms with Crippen LogP contribution in [0.3, 0.4) is 0 Å². The molecule has 0 amide bonds. The summed E-state index contributed by atoms with van der Waals surface area (Å²) >= 11 is 0. The van der Waals surface area contributed by atoms with E-state index in [1.54, 1.807) is 11.9 Å². The van der Waals surface area contributed by atoms with Crippen LogP contribution in [0.25, 0.3) is 11.1 Å². The van der Waals surface area contributed by atoms with E-state index in [1.165, 1.54) is 11.1 Å². The number of hydrogen-bond donors (Lipinski definition) is 2. The minimum Gasteiger partial charge on any atom is -0.492 e. The molecule has 0 spiro atoms. The Kier molecular flexibility index (Phi) is 12.2. The molecule has 0 aliphatic rings. The molecule has 226 valence electrons. The minimum atomic E-state index is -2.76. The van der Waals surface area contributed by atoms with E-state index >= 15 is 0 Å². The van der Waals surface area contributed by atoms with E-state index in [0.29, 0.717) is 12.3 Å². The predicted octanol–water partition coefficient (Wildman–Crippen LogP) is 4.16. The number of likely N-dealkylation sites (N-methyl/N-ethyl adjacent to an activating group) is 1. The number of ether oxygens (including phenoxy) is 3. The number of rotatable bonds is 16. The lowest BCUT2D eigenvalue weighted by atomic mass is 9.88. The van der Waals surface area contributed by atoms with E-state index < -0.39 is 36.4 Å². The van der Waals surface area contributed by atoms with E-state index in [1.807, 2.05) is 60.7 Å². The number of aliphatic carboxylic acids is 1. The van der Waals surface area contributed by atoms with Crippen LogP contribution in [0.15, 0.2) is 84.9 Å². The summed E-state index contributed by atoms with van der Waals surface area (Å²) in [5.74, 6) is -3.49. The van der Waals surface area contributed by atoms with Crippen LogP contribution in [0.4, 0.5) is 0 Å². The average Bonchev–Trinajstić information content (AvgIpc) is 3.00. The topological polar surface area (TPSA) is 140 Å². The van der Waals surface area contributed by atoms with Gasteiger partial charge in [0.15, 0.2) is 5.60 Å². The van der Waals surface area contributed by atoms with Crippen LogP contribution in [0.1, 0.15) is 42.9 Å². The molecule has 0 radical (unpaired) electrons. The zero-order valence-corrected chi connectivity index (χ0v) is 24.1. The van der Waals surface area contributed by atoms with Crippen LogP contribution in [-0.2, 0) is 28.7 Å². The van der Waals surface area contributed by atoms with Crippen molar-refractivity contribution in [2.45, 2.75) is 31.8 Å². The summed E-state index contributed by atoms with van der Waals surface area (Å²) in [6.07, 6.45) is -1.24. The average molecular weight is 590 g/mol. The molecule has 10 nitrogen and oxygen atoms in total. The molecule has 0 heterocycles. The summed E-state index contributed by atoms with van der Waals surface area (Å²) in [6, 6.07) is 28.4. The van der Waals surface area contributed by atoms with E-state index in [2.05, 4.69) is 35.9 Å². The lowest BCUT2D eigenvalue weighted by Gasteiger charge is -2.22. The van der Waals surface area contributed by atoms with Gasteiger partial charge in [-0.2, -0.15) is 0 Å². The van der Waals surface area contributed by atoms with Crippen molar-refractivity contribution in [3.8, 4) is 5.75 Å². The van der Waals surface area contributed by atoms with Gasteiger partial charge in [-0.25, -0.2) is 4.79 Å². The lowest BCUT2D eigenvalue weighted by Crippen LogP contribution is -2.43. The highest BCUT2D eigenvalue weighted by atomic mass is 16.6. The van der Waals surface area contributed by atoms with E-state index in [-0.39, 0.29) is 19.8 Å². The molecule has 3 aromatic carbocycles. The zero-order chi connectivity index (χ0) is 31.2. The number of nitrogens with zero attached hydrogens (tertiary/aromatic N) is 1. The number of carbonyl (C=O) groups excluding carboxylic acids is 3. The number of allylic oxidation sites excluding steroid dienone is 1. The van der Waals surface area contributed by atoms with Crippen molar-refractivity contribution in [1.82, 2.24) is 4.90 Å². The summed E-state index contributed by atoms with van der Waals surface area (Å²) < 4.78 is 14.9. The van der Waals surface area contributed by atoms with Crippen LogP contribution >= 0.6 is 0 Å². The molecule has 2 N–H and O–H groups in total. The third-order valence-corrected chi connectivity index (χ3v) is 6.62. The van der Waals surface area contributed by atoms with Gasteiger partial charge >= 0.3 is 24.4 Å². The van der Waals surface area contributed by atoms with E-state index in [9.17, 15) is 29.4 Å². The fraction of sp³-hybridized carbons (Fsp3) is 0.273. The Balaban J connectivity index is 1.58. The van der Waals surface area contributed by atoms with Crippen molar-refractivity contribution >= 4 is 35.5 Å². The second kappa shape index (κ2) is 16.0. The van der Waals surface area contributed by atoms with Crippen LogP contribution < -0.4 is 4.74 Å². The van der Waals surface area contributed by atoms with Crippen LogP contribution in [0, 0.1) is 0 Å². The first-order valence-electron chi connectivity index (χ1n) is 13.7. The Bertz CT molecular complexity index is 1410. The van der Waals surface area contributed by atoms with Crippen molar-refractivity contribution in [3.05, 3.63) is 102 Å². The summed E-state index contributed by atoms with van der Waals surface area (Å²) in [5, 5.41) is 19.4. The molecule has 3 rings (SSSR count). The first-order valence-corrected chi connectivity index (χ1v) is 13.7. The highest BCUT2D eigenvalue weighted by Crippen LogP contribution is 2.34. The predicted molar refractivity (Wildman–Crippen MR) is 159 cm³/mol. The largest absolute Gasteiger partial charge is 0.492 e. The monoisotopic (exact) mass is 589 g/mol. The first kappa shape index (κ1) is 32.7. The number of benzene rings is 3. The van der Waals surface area contributed by atoms with E-state index in [4.69, 9.17) is 9.47 Å². The zero-order valence-electron chi connectivity index (χ0n) is 24.1. The fourth-order valence-electron chi connectivity index (χ4n) is 4.41. The third-order valence-electron chi connectivity index (χ3n) is 6.62. The van der Waals surface area contributed by atoms with Crippen molar-refractivity contribution in [2.24, 2.45) is 0 Å². The first-order chi connectivity index (χ1) is 20.7. The summed E-state index contributed by atoms with van der Waals surface area (Å²) in [6.45, 7) is 2.39. The fourth-order valence-corrected chi connectivity index (χ4v) is 4.41. The van der Waals surface area contributed by atoms with Crippen molar-refractivity contribution in [3.63, 3.8) is 0 Å². The number of esters is 2. The van der Waals surface area contributed by atoms with Crippen molar-refractivity contribution in [1.29, 1.82) is 0 Å². The van der Waals surface area contributed by atoms with Crippen LogP contribution in [-0.4, -0.2) is 72.0 Å². The van der Waals surface area contributed by atoms with Gasteiger partial charge in [-0.05, 0) is 53.4 Å². The molecular weight excluding hydrogens is 554 g/mol. The number of hydrogen-bond acceptors (Lipinski definition) is 9. The van der Waals surface area contributed by atoms with Gasteiger partial charge in [0.2, 0.25) is 0 Å². The molecule has 3 aromatic rings. The molecule has 1 unspecified atom stereocenters. The standard InChI is InChI=1S/C33H35NO9/c1-3-28(24-10-6-4-7-11-24)31(25-12-8-5-9-13-25)26-14-16-27(17-15-26)41-19-18-34(2)22-42-29(36)20-33(40,32(38)39)21-30(37)43-23-35/h4-17,23,40H,3,18-22H2,1-2H3,(H,38,39)/b31-28-. The Morgan fingerprint density at radius 3 is 1.95 bits per heavy atom. The molecule has 0 aliphatic carbocycles. The number of aliphatic hydroxyl groups is 1. The Labute approximate surface area is 250 Å². The summed E-state index contributed by atoms with van der Waals surface area (Å²) in [4.78, 5) is 46.8. The number of carbonyl (C=O) groups is 4. The van der Waals surface area contributed by atoms with E-state index in [0.717, 1.165) is 23.1 Å². The van der Waals surface area contributed by atoms with Crippen molar-refractivity contribution in [2.75, 3.05) is 26.9 Å². The molecule has 0 bridgehead atoms. The van der Waals surface area contributed by atoms with Gasteiger partial charge in [-0.1, -0.05) is 79.7 Å². The van der Waals surface area contributed by atoms with Crippen molar-refractivity contribution < 1.29 is 43.6 Å². The second-order valence-corrected chi connectivity index (χ2v) is 9.81. The number of carboxylic acid groups (broad SMARTS) is 1. The summed E-state index contributed by atoms with van der Waals surface area (Å²) in [7, 11) is 1.66. The molecule has 0 saturated heterocycles. The lowest BCUT2D eigenvalue weighted by molar-refractivity contribution is -0.174. The molecule has 0 aromatic heterocycles.